The molecule has 1 N–H and O–H groups in total. The Balaban J connectivity index is 1.84. The normalized spacial score (nSPS) is 17.6. The number of nitriles is 1. The molecule has 2 aromatic rings. The van der Waals surface area contributed by atoms with Crippen LogP contribution in [0.4, 0.5) is 0 Å². The van der Waals surface area contributed by atoms with Crippen LogP contribution in [0.2, 0.25) is 0 Å². The average Bonchev–Trinajstić information content (AvgIpc) is 3.26. The van der Waals surface area contributed by atoms with Gasteiger partial charge >= 0.3 is 0 Å². The van der Waals surface area contributed by atoms with Crippen LogP contribution < -0.4 is 5.32 Å². The van der Waals surface area contributed by atoms with Crippen molar-refractivity contribution in [2.24, 2.45) is 5.92 Å². The molecule has 1 aliphatic rings. The lowest BCUT2D eigenvalue weighted by Gasteiger charge is -2.10. The van der Waals surface area contributed by atoms with Crippen molar-refractivity contribution in [2.45, 2.75) is 39.3 Å². The second kappa shape index (κ2) is 8.20. The number of hydrogen-bond acceptors (Lipinski definition) is 3. The zero-order valence-corrected chi connectivity index (χ0v) is 15.4. The van der Waals surface area contributed by atoms with E-state index in [4.69, 9.17) is 4.74 Å². The van der Waals surface area contributed by atoms with Crippen LogP contribution in [-0.2, 0) is 16.1 Å². The van der Waals surface area contributed by atoms with Crippen LogP contribution in [-0.4, -0.2) is 29.7 Å². The number of fused-ring (bicyclic) bond motifs is 1. The summed E-state index contributed by atoms with van der Waals surface area (Å²) in [6.07, 6.45) is 5.75. The summed E-state index contributed by atoms with van der Waals surface area (Å²) in [5.41, 5.74) is 2.13. The highest BCUT2D eigenvalue weighted by Crippen LogP contribution is 2.24. The summed E-state index contributed by atoms with van der Waals surface area (Å²) in [5.74, 6) is 0.163. The van der Waals surface area contributed by atoms with Gasteiger partial charge in [-0.15, -0.1) is 0 Å². The van der Waals surface area contributed by atoms with E-state index in [-0.39, 0.29) is 17.6 Å². The summed E-state index contributed by atoms with van der Waals surface area (Å²) in [7, 11) is 0. The number of para-hydroxylation sites is 1. The summed E-state index contributed by atoms with van der Waals surface area (Å²) in [5, 5.41) is 13.3. The Bertz CT molecular complexity index is 852. The van der Waals surface area contributed by atoms with Crippen molar-refractivity contribution < 1.29 is 9.53 Å². The molecule has 1 aromatic heterocycles. The predicted octanol–water partition coefficient (Wildman–Crippen LogP) is 3.50. The Morgan fingerprint density at radius 2 is 2.27 bits per heavy atom. The van der Waals surface area contributed by atoms with Crippen LogP contribution >= 0.6 is 0 Å². The summed E-state index contributed by atoms with van der Waals surface area (Å²) in [4.78, 5) is 12.4. The van der Waals surface area contributed by atoms with Crippen LogP contribution in [0.1, 0.15) is 32.3 Å². The van der Waals surface area contributed by atoms with Crippen molar-refractivity contribution in [1.29, 1.82) is 5.26 Å². The summed E-state index contributed by atoms with van der Waals surface area (Å²) >= 11 is 0. The van der Waals surface area contributed by atoms with Crippen molar-refractivity contribution >= 4 is 22.9 Å². The SMILES string of the molecule is CC(C)Cn1cc(/C=C(\C#N)C(=O)NC[C@@H]2CCCO2)c2ccccc21. The Labute approximate surface area is 154 Å². The van der Waals surface area contributed by atoms with E-state index in [9.17, 15) is 10.1 Å². The fourth-order valence-electron chi connectivity index (χ4n) is 3.35. The van der Waals surface area contributed by atoms with Crippen molar-refractivity contribution in [3.8, 4) is 6.07 Å². The Morgan fingerprint density at radius 3 is 2.96 bits per heavy atom. The van der Waals surface area contributed by atoms with E-state index < -0.39 is 0 Å². The molecule has 5 nitrogen and oxygen atoms in total. The molecular formula is C21H25N3O2. The first-order valence-corrected chi connectivity index (χ1v) is 9.18. The first kappa shape index (κ1) is 18.2. The lowest BCUT2D eigenvalue weighted by Crippen LogP contribution is -2.32. The van der Waals surface area contributed by atoms with E-state index in [1.54, 1.807) is 6.08 Å². The maximum absolute atomic E-state index is 12.4. The van der Waals surface area contributed by atoms with Crippen molar-refractivity contribution in [2.75, 3.05) is 13.2 Å². The third kappa shape index (κ3) is 4.14. The average molecular weight is 351 g/mol. The number of hydrogen-bond donors (Lipinski definition) is 1. The van der Waals surface area contributed by atoms with Gasteiger partial charge in [-0.3, -0.25) is 4.79 Å². The van der Waals surface area contributed by atoms with E-state index in [0.717, 1.165) is 42.5 Å². The molecule has 1 aromatic carbocycles. The van der Waals surface area contributed by atoms with E-state index >= 15 is 0 Å². The Hall–Kier alpha value is -2.58. The molecule has 0 unspecified atom stereocenters. The van der Waals surface area contributed by atoms with Crippen molar-refractivity contribution in [3.63, 3.8) is 0 Å². The highest BCUT2D eigenvalue weighted by Gasteiger charge is 2.18. The van der Waals surface area contributed by atoms with Crippen LogP contribution in [0.15, 0.2) is 36.0 Å². The van der Waals surface area contributed by atoms with E-state index in [2.05, 4.69) is 29.8 Å². The molecule has 3 rings (SSSR count). The van der Waals surface area contributed by atoms with Crippen LogP contribution in [0.25, 0.3) is 17.0 Å². The second-order valence-corrected chi connectivity index (χ2v) is 7.16. The molecule has 0 spiro atoms. The van der Waals surface area contributed by atoms with Gasteiger partial charge in [0.25, 0.3) is 5.91 Å². The molecule has 136 valence electrons. The quantitative estimate of drug-likeness (QED) is 0.640. The van der Waals surface area contributed by atoms with Crippen LogP contribution in [0.5, 0.6) is 0 Å². The fourth-order valence-corrected chi connectivity index (χ4v) is 3.35. The van der Waals surface area contributed by atoms with E-state index in [1.807, 2.05) is 30.5 Å². The molecule has 1 fully saturated rings. The molecule has 1 saturated heterocycles. The minimum atomic E-state index is -0.344. The number of rotatable bonds is 6. The molecular weight excluding hydrogens is 326 g/mol. The van der Waals surface area contributed by atoms with Crippen molar-refractivity contribution in [3.05, 3.63) is 41.6 Å². The molecule has 0 aliphatic carbocycles. The highest BCUT2D eigenvalue weighted by atomic mass is 16.5. The molecule has 0 saturated carbocycles. The molecule has 1 aliphatic heterocycles. The van der Waals surface area contributed by atoms with Crippen LogP contribution in [0.3, 0.4) is 0 Å². The van der Waals surface area contributed by atoms with Gasteiger partial charge in [0.1, 0.15) is 11.6 Å². The standard InChI is InChI=1S/C21H25N3O2/c1-15(2)13-24-14-17(19-7-3-4-8-20(19)24)10-16(11-22)21(25)23-12-18-6-5-9-26-18/h3-4,7-8,10,14-15,18H,5-6,9,12-13H2,1-2H3,(H,23,25)/b16-10+/t18-/m0/s1. The minimum absolute atomic E-state index is 0.0619. The van der Waals surface area contributed by atoms with Gasteiger partial charge in [-0.25, -0.2) is 0 Å². The topological polar surface area (TPSA) is 67.0 Å². The van der Waals surface area contributed by atoms with Gasteiger partial charge in [-0.05, 0) is 30.9 Å². The maximum Gasteiger partial charge on any atom is 0.262 e. The Kier molecular flexibility index (Phi) is 5.75. The van der Waals surface area contributed by atoms with Gasteiger partial charge in [0.2, 0.25) is 0 Å². The van der Waals surface area contributed by atoms with Crippen molar-refractivity contribution in [1.82, 2.24) is 9.88 Å². The van der Waals surface area contributed by atoms with E-state index in [1.165, 1.54) is 0 Å². The molecule has 5 heteroatoms. The highest BCUT2D eigenvalue weighted by molar-refractivity contribution is 6.04. The fraction of sp³-hybridized carbons (Fsp3) is 0.429. The number of carbonyl (C=O) groups is 1. The first-order chi connectivity index (χ1) is 12.6. The second-order valence-electron chi connectivity index (χ2n) is 7.16. The number of aromatic nitrogens is 1. The largest absolute Gasteiger partial charge is 0.376 e. The van der Waals surface area contributed by atoms with Gasteiger partial charge in [0, 0.05) is 42.4 Å². The predicted molar refractivity (Wildman–Crippen MR) is 102 cm³/mol. The summed E-state index contributed by atoms with van der Waals surface area (Å²) in [6.45, 7) is 6.43. The number of nitrogens with one attached hydrogen (secondary N) is 1. The number of nitrogens with zero attached hydrogens (tertiary/aromatic N) is 2. The molecule has 0 bridgehead atoms. The minimum Gasteiger partial charge on any atom is -0.376 e. The first-order valence-electron chi connectivity index (χ1n) is 9.18. The zero-order chi connectivity index (χ0) is 18.5. The molecule has 1 atom stereocenters. The number of benzene rings is 1. The summed E-state index contributed by atoms with van der Waals surface area (Å²) < 4.78 is 7.70. The van der Waals surface area contributed by atoms with Gasteiger partial charge in [-0.1, -0.05) is 32.0 Å². The molecule has 2 heterocycles. The summed E-state index contributed by atoms with van der Waals surface area (Å²) in [6, 6.07) is 10.1. The zero-order valence-electron chi connectivity index (χ0n) is 15.4. The van der Waals surface area contributed by atoms with Crippen LogP contribution in [0, 0.1) is 17.2 Å². The lowest BCUT2D eigenvalue weighted by molar-refractivity contribution is -0.117. The maximum atomic E-state index is 12.4. The molecule has 1 amide bonds. The number of ether oxygens (including phenoxy) is 1. The molecule has 26 heavy (non-hydrogen) atoms. The smallest absolute Gasteiger partial charge is 0.262 e. The third-order valence-corrected chi connectivity index (χ3v) is 4.56. The van der Waals surface area contributed by atoms with Gasteiger partial charge in [0.15, 0.2) is 0 Å². The lowest BCUT2D eigenvalue weighted by atomic mass is 10.1. The van der Waals surface area contributed by atoms with Gasteiger partial charge < -0.3 is 14.6 Å². The number of amides is 1. The third-order valence-electron chi connectivity index (χ3n) is 4.56. The number of carbonyl (C=O) groups excluding carboxylic acids is 1. The van der Waals surface area contributed by atoms with E-state index in [0.29, 0.717) is 12.5 Å². The van der Waals surface area contributed by atoms with Gasteiger partial charge in [-0.2, -0.15) is 5.26 Å². The Morgan fingerprint density at radius 1 is 1.46 bits per heavy atom. The molecule has 0 radical (unpaired) electrons. The van der Waals surface area contributed by atoms with Gasteiger partial charge in [0.05, 0.1) is 6.10 Å². The monoisotopic (exact) mass is 351 g/mol.